The van der Waals surface area contributed by atoms with Gasteiger partial charge in [0.25, 0.3) is 0 Å². The van der Waals surface area contributed by atoms with Crippen molar-refractivity contribution in [2.75, 3.05) is 6.54 Å². The molecule has 1 aromatic rings. The maximum absolute atomic E-state index is 13.1. The molecule has 1 N–H and O–H groups in total. The molecule has 1 aliphatic carbocycles. The second-order valence-electron chi connectivity index (χ2n) is 6.39. The van der Waals surface area contributed by atoms with Gasteiger partial charge in [-0.25, -0.2) is 0 Å². The van der Waals surface area contributed by atoms with Gasteiger partial charge < -0.3 is 5.11 Å². The Bertz CT molecular complexity index is 635. The van der Waals surface area contributed by atoms with E-state index in [1.807, 2.05) is 0 Å². The molecule has 1 aromatic carbocycles. The van der Waals surface area contributed by atoms with Gasteiger partial charge in [0.2, 0.25) is 11.8 Å². The maximum atomic E-state index is 13.1. The zero-order valence-electron chi connectivity index (χ0n) is 12.9. The highest BCUT2D eigenvalue weighted by molar-refractivity contribution is 6.05. The number of β-amino-alcohol motifs (C(OH)–C–C–N with tert-alkyl or cyclic N) is 1. The molecule has 0 bridgehead atoms. The number of alkyl halides is 3. The Kier molecular flexibility index (Phi) is 4.38. The molecule has 130 valence electrons. The number of hydrogen-bond acceptors (Lipinski definition) is 3. The van der Waals surface area contributed by atoms with Crippen LogP contribution >= 0.6 is 0 Å². The predicted octanol–water partition coefficient (Wildman–Crippen LogP) is 2.91. The van der Waals surface area contributed by atoms with Crippen molar-refractivity contribution in [1.82, 2.24) is 4.90 Å². The number of rotatable bonds is 3. The smallest absolute Gasteiger partial charge is 0.387 e. The quantitative estimate of drug-likeness (QED) is 0.860. The molecule has 1 saturated heterocycles. The van der Waals surface area contributed by atoms with Gasteiger partial charge in [-0.3, -0.25) is 14.5 Å². The second kappa shape index (κ2) is 6.20. The van der Waals surface area contributed by atoms with E-state index in [1.54, 1.807) is 0 Å². The number of halogens is 3. The van der Waals surface area contributed by atoms with Crippen LogP contribution in [0.3, 0.4) is 0 Å². The van der Waals surface area contributed by atoms with E-state index in [0.29, 0.717) is 12.8 Å². The number of amides is 2. The molecule has 0 spiro atoms. The molecule has 4 nitrogen and oxygen atoms in total. The van der Waals surface area contributed by atoms with Gasteiger partial charge >= 0.3 is 6.18 Å². The maximum Gasteiger partial charge on any atom is 0.416 e. The summed E-state index contributed by atoms with van der Waals surface area (Å²) in [5.41, 5.74) is -1.27. The van der Waals surface area contributed by atoms with Crippen LogP contribution in [-0.4, -0.2) is 28.4 Å². The zero-order chi connectivity index (χ0) is 17.5. The fourth-order valence-corrected chi connectivity index (χ4v) is 3.73. The summed E-state index contributed by atoms with van der Waals surface area (Å²) in [5, 5.41) is 10.2. The summed E-state index contributed by atoms with van der Waals surface area (Å²) in [7, 11) is 0. The highest BCUT2D eigenvalue weighted by Gasteiger charge is 2.48. The van der Waals surface area contributed by atoms with Crippen molar-refractivity contribution >= 4 is 11.8 Å². The average Bonchev–Trinajstić information content (AvgIpc) is 2.79. The number of carbonyl (C=O) groups is 2. The standard InChI is InChI=1S/C17H18F3NO3/c18-17(19,20)13-8-4-3-7-12(13)14(22)9-21-15(23)10-5-1-2-6-11(10)16(21)24/h3-4,7-8,10-11,14,22H,1-2,5-6,9H2/t10-,11-,14+/m1/s1. The van der Waals surface area contributed by atoms with Crippen molar-refractivity contribution in [2.24, 2.45) is 11.8 Å². The third-order valence-electron chi connectivity index (χ3n) is 4.91. The van der Waals surface area contributed by atoms with Gasteiger partial charge in [0.1, 0.15) is 0 Å². The summed E-state index contributed by atoms with van der Waals surface area (Å²) in [5.74, 6) is -1.49. The largest absolute Gasteiger partial charge is 0.416 e. The molecule has 2 amide bonds. The minimum atomic E-state index is -4.61. The third kappa shape index (κ3) is 2.92. The lowest BCUT2D eigenvalue weighted by Gasteiger charge is -2.22. The first-order chi connectivity index (χ1) is 11.3. The molecule has 0 radical (unpaired) electrons. The molecular weight excluding hydrogens is 323 g/mol. The van der Waals surface area contributed by atoms with E-state index in [9.17, 15) is 27.9 Å². The molecule has 7 heteroatoms. The van der Waals surface area contributed by atoms with Crippen LogP contribution in [0.1, 0.15) is 42.9 Å². The van der Waals surface area contributed by atoms with E-state index in [2.05, 4.69) is 0 Å². The number of aliphatic hydroxyl groups excluding tert-OH is 1. The first kappa shape index (κ1) is 17.0. The molecule has 1 aliphatic heterocycles. The Morgan fingerprint density at radius 3 is 2.17 bits per heavy atom. The van der Waals surface area contributed by atoms with E-state index < -0.39 is 24.4 Å². The Morgan fingerprint density at radius 2 is 1.62 bits per heavy atom. The van der Waals surface area contributed by atoms with Gasteiger partial charge in [-0.2, -0.15) is 13.2 Å². The molecule has 0 aromatic heterocycles. The fourth-order valence-electron chi connectivity index (χ4n) is 3.73. The minimum absolute atomic E-state index is 0.319. The second-order valence-corrected chi connectivity index (χ2v) is 6.39. The van der Waals surface area contributed by atoms with Crippen LogP contribution in [0.25, 0.3) is 0 Å². The van der Waals surface area contributed by atoms with E-state index in [1.165, 1.54) is 18.2 Å². The van der Waals surface area contributed by atoms with Crippen LogP contribution in [0.4, 0.5) is 13.2 Å². The summed E-state index contributed by atoms with van der Waals surface area (Å²) in [4.78, 5) is 25.7. The lowest BCUT2D eigenvalue weighted by molar-refractivity contribution is -0.142. The number of carbonyl (C=O) groups excluding carboxylic acids is 2. The van der Waals surface area contributed by atoms with Crippen LogP contribution < -0.4 is 0 Å². The number of nitrogens with zero attached hydrogens (tertiary/aromatic N) is 1. The number of fused-ring (bicyclic) bond motifs is 1. The van der Waals surface area contributed by atoms with Crippen molar-refractivity contribution in [2.45, 2.75) is 38.0 Å². The topological polar surface area (TPSA) is 57.6 Å². The highest BCUT2D eigenvalue weighted by Crippen LogP contribution is 2.40. The summed E-state index contributed by atoms with van der Waals surface area (Å²) in [6.45, 7) is -0.433. The van der Waals surface area contributed by atoms with Gasteiger partial charge in [-0.15, -0.1) is 0 Å². The zero-order valence-corrected chi connectivity index (χ0v) is 12.9. The van der Waals surface area contributed by atoms with Crippen LogP contribution in [0.2, 0.25) is 0 Å². The Labute approximate surface area is 137 Å². The van der Waals surface area contributed by atoms with Crippen LogP contribution in [0.5, 0.6) is 0 Å². The Balaban J connectivity index is 1.82. The van der Waals surface area contributed by atoms with Gasteiger partial charge in [-0.05, 0) is 24.5 Å². The molecule has 3 atom stereocenters. The lowest BCUT2D eigenvalue weighted by Crippen LogP contribution is -2.35. The van der Waals surface area contributed by atoms with E-state index in [-0.39, 0.29) is 29.2 Å². The molecular formula is C17H18F3NO3. The fraction of sp³-hybridized carbons (Fsp3) is 0.529. The van der Waals surface area contributed by atoms with Crippen molar-refractivity contribution in [3.05, 3.63) is 35.4 Å². The number of hydrogen-bond donors (Lipinski definition) is 1. The van der Waals surface area contributed by atoms with Gasteiger partial charge in [0, 0.05) is 0 Å². The lowest BCUT2D eigenvalue weighted by atomic mass is 9.81. The van der Waals surface area contributed by atoms with Gasteiger partial charge in [0.15, 0.2) is 0 Å². The first-order valence-corrected chi connectivity index (χ1v) is 8.00. The minimum Gasteiger partial charge on any atom is -0.387 e. The Hall–Kier alpha value is -1.89. The Morgan fingerprint density at radius 1 is 1.08 bits per heavy atom. The molecule has 1 heterocycles. The predicted molar refractivity (Wildman–Crippen MR) is 78.6 cm³/mol. The van der Waals surface area contributed by atoms with Crippen molar-refractivity contribution < 1.29 is 27.9 Å². The molecule has 2 fully saturated rings. The molecule has 1 saturated carbocycles. The monoisotopic (exact) mass is 341 g/mol. The first-order valence-electron chi connectivity index (χ1n) is 8.00. The molecule has 24 heavy (non-hydrogen) atoms. The van der Waals surface area contributed by atoms with Crippen LogP contribution in [-0.2, 0) is 15.8 Å². The van der Waals surface area contributed by atoms with E-state index in [4.69, 9.17) is 0 Å². The summed E-state index contributed by atoms with van der Waals surface area (Å²) >= 11 is 0. The number of benzene rings is 1. The average molecular weight is 341 g/mol. The molecule has 0 unspecified atom stereocenters. The summed E-state index contributed by atoms with van der Waals surface area (Å²) < 4.78 is 39.2. The van der Waals surface area contributed by atoms with Crippen molar-refractivity contribution in [1.29, 1.82) is 0 Å². The highest BCUT2D eigenvalue weighted by atomic mass is 19.4. The normalized spacial score (nSPS) is 25.8. The molecule has 3 rings (SSSR count). The number of imide groups is 1. The summed E-state index contributed by atoms with van der Waals surface area (Å²) in [6, 6.07) is 4.68. The van der Waals surface area contributed by atoms with Crippen LogP contribution in [0.15, 0.2) is 24.3 Å². The number of likely N-dealkylation sites (tertiary alicyclic amines) is 1. The molecule has 2 aliphatic rings. The van der Waals surface area contributed by atoms with E-state index in [0.717, 1.165) is 23.8 Å². The summed E-state index contributed by atoms with van der Waals surface area (Å²) in [6.07, 6.45) is -3.18. The van der Waals surface area contributed by atoms with Crippen molar-refractivity contribution in [3.8, 4) is 0 Å². The van der Waals surface area contributed by atoms with Gasteiger partial charge in [-0.1, -0.05) is 31.0 Å². The van der Waals surface area contributed by atoms with Gasteiger partial charge in [0.05, 0.1) is 30.0 Å². The number of aliphatic hydroxyl groups is 1. The van der Waals surface area contributed by atoms with Crippen LogP contribution in [0, 0.1) is 11.8 Å². The SMILES string of the molecule is O=C1[C@@H]2CCCC[C@H]2C(=O)N1C[C@H](O)c1ccccc1C(F)(F)F. The van der Waals surface area contributed by atoms with Crippen molar-refractivity contribution in [3.63, 3.8) is 0 Å². The van der Waals surface area contributed by atoms with E-state index >= 15 is 0 Å². The third-order valence-corrected chi connectivity index (χ3v) is 4.91.